The van der Waals surface area contributed by atoms with Gasteiger partial charge < -0.3 is 15.4 Å². The Balaban J connectivity index is 1.75. The molecule has 2 aliphatic rings. The lowest BCUT2D eigenvalue weighted by Gasteiger charge is -2.17. The number of carbonyl (C=O) groups is 1. The highest BCUT2D eigenvalue weighted by molar-refractivity contribution is 7.17. The number of anilines is 1. The molecule has 1 saturated heterocycles. The summed E-state index contributed by atoms with van der Waals surface area (Å²) in [5, 5.41) is 0.926. The normalized spacial score (nSPS) is 29.3. The van der Waals surface area contributed by atoms with Gasteiger partial charge in [0.25, 0.3) is 0 Å². The number of hydrogen-bond donors (Lipinski definition) is 1. The molecule has 2 N–H and O–H groups in total. The Morgan fingerprint density at radius 2 is 2.22 bits per heavy atom. The van der Waals surface area contributed by atoms with E-state index in [2.05, 4.69) is 9.88 Å². The molecule has 3 rings (SSSR count). The van der Waals surface area contributed by atoms with Crippen LogP contribution in [0.25, 0.3) is 0 Å². The molecular formula is C12H17N3O2S. The monoisotopic (exact) mass is 267 g/mol. The maximum absolute atomic E-state index is 11.7. The number of esters is 1. The fraction of sp³-hybridized carbons (Fsp3) is 0.667. The van der Waals surface area contributed by atoms with Crippen LogP contribution in [0.15, 0.2) is 0 Å². The van der Waals surface area contributed by atoms with Crippen molar-refractivity contribution in [1.82, 2.24) is 4.98 Å². The zero-order chi connectivity index (χ0) is 12.9. The van der Waals surface area contributed by atoms with E-state index in [1.807, 2.05) is 13.8 Å². The minimum atomic E-state index is -0.264. The van der Waals surface area contributed by atoms with E-state index in [0.717, 1.165) is 23.9 Å². The lowest BCUT2D eigenvalue weighted by atomic mass is 10.4. The zero-order valence-corrected chi connectivity index (χ0v) is 11.4. The molecule has 1 aliphatic heterocycles. The summed E-state index contributed by atoms with van der Waals surface area (Å²) in [5.41, 5.74) is 6.68. The van der Waals surface area contributed by atoms with Crippen molar-refractivity contribution in [3.05, 3.63) is 10.6 Å². The van der Waals surface area contributed by atoms with Gasteiger partial charge in [-0.05, 0) is 25.7 Å². The van der Waals surface area contributed by atoms with E-state index in [0.29, 0.717) is 29.4 Å². The smallest absolute Gasteiger partial charge is 0.350 e. The number of hydrogen-bond acceptors (Lipinski definition) is 6. The third kappa shape index (κ3) is 1.80. The fourth-order valence-electron chi connectivity index (χ4n) is 2.63. The number of ether oxygens (including phenoxy) is 1. The number of aryl methyl sites for hydroxylation is 1. The molecule has 1 aromatic heterocycles. The highest BCUT2D eigenvalue weighted by Crippen LogP contribution is 2.46. The molecule has 2 heterocycles. The van der Waals surface area contributed by atoms with Crippen molar-refractivity contribution < 1.29 is 9.53 Å². The van der Waals surface area contributed by atoms with E-state index in [-0.39, 0.29) is 5.97 Å². The summed E-state index contributed by atoms with van der Waals surface area (Å²) in [6.45, 7) is 6.01. The molecule has 0 bridgehead atoms. The second-order valence-corrected chi connectivity index (χ2v) is 5.92. The lowest BCUT2D eigenvalue weighted by molar-refractivity contribution is 0.0531. The second-order valence-electron chi connectivity index (χ2n) is 4.94. The Kier molecular flexibility index (Phi) is 2.79. The second kappa shape index (κ2) is 4.20. The van der Waals surface area contributed by atoms with Gasteiger partial charge in [0, 0.05) is 19.1 Å². The van der Waals surface area contributed by atoms with E-state index in [4.69, 9.17) is 10.5 Å². The number of nitrogens with two attached hydrogens (primary N) is 1. The SMILES string of the molecule is CCOC(=O)c1sc(N2C[C@@H]3[C@@H](N)[C@@H]3C2)nc1C. The molecule has 1 saturated carbocycles. The summed E-state index contributed by atoms with van der Waals surface area (Å²) < 4.78 is 5.02. The van der Waals surface area contributed by atoms with Gasteiger partial charge in [-0.3, -0.25) is 0 Å². The van der Waals surface area contributed by atoms with Crippen molar-refractivity contribution in [3.63, 3.8) is 0 Å². The lowest BCUT2D eigenvalue weighted by Crippen LogP contribution is -2.27. The summed E-state index contributed by atoms with van der Waals surface area (Å²) in [6.07, 6.45) is 0. The Hall–Kier alpha value is -1.14. The molecule has 6 heteroatoms. The summed E-state index contributed by atoms with van der Waals surface area (Å²) in [7, 11) is 0. The molecule has 98 valence electrons. The standard InChI is InChI=1S/C12H17N3O2S/c1-3-17-11(16)10-6(2)14-12(18-10)15-4-7-8(5-15)9(7)13/h7-9H,3-5,13H2,1-2H3/t7-,8+,9+. The molecule has 1 aliphatic carbocycles. The van der Waals surface area contributed by atoms with E-state index in [9.17, 15) is 4.79 Å². The van der Waals surface area contributed by atoms with Crippen molar-refractivity contribution in [2.75, 3.05) is 24.6 Å². The van der Waals surface area contributed by atoms with E-state index < -0.39 is 0 Å². The van der Waals surface area contributed by atoms with Crippen LogP contribution in [-0.4, -0.2) is 36.7 Å². The van der Waals surface area contributed by atoms with Gasteiger partial charge in [0.1, 0.15) is 4.88 Å². The summed E-state index contributed by atoms with van der Waals surface area (Å²) >= 11 is 1.43. The number of nitrogens with zero attached hydrogens (tertiary/aromatic N) is 2. The number of rotatable bonds is 3. The first-order valence-corrected chi connectivity index (χ1v) is 7.08. The maximum Gasteiger partial charge on any atom is 0.350 e. The van der Waals surface area contributed by atoms with Crippen LogP contribution in [0.2, 0.25) is 0 Å². The van der Waals surface area contributed by atoms with Gasteiger partial charge in [-0.2, -0.15) is 0 Å². The molecule has 0 spiro atoms. The Bertz CT molecular complexity index is 476. The third-order valence-corrected chi connectivity index (χ3v) is 4.98. The van der Waals surface area contributed by atoms with Crippen LogP contribution in [0.3, 0.4) is 0 Å². The summed E-state index contributed by atoms with van der Waals surface area (Å²) in [6, 6.07) is 0.381. The van der Waals surface area contributed by atoms with E-state index >= 15 is 0 Å². The van der Waals surface area contributed by atoms with Crippen LogP contribution < -0.4 is 10.6 Å². The van der Waals surface area contributed by atoms with Crippen molar-refractivity contribution in [2.24, 2.45) is 17.6 Å². The average Bonchev–Trinajstić information content (AvgIpc) is 2.76. The first kappa shape index (κ1) is 11.9. The van der Waals surface area contributed by atoms with Crippen LogP contribution in [0.4, 0.5) is 5.13 Å². The van der Waals surface area contributed by atoms with Gasteiger partial charge in [0.15, 0.2) is 5.13 Å². The minimum absolute atomic E-state index is 0.264. The Morgan fingerprint density at radius 3 is 2.83 bits per heavy atom. The molecule has 0 radical (unpaired) electrons. The predicted molar refractivity (Wildman–Crippen MR) is 70.0 cm³/mol. The highest BCUT2D eigenvalue weighted by Gasteiger charge is 2.54. The van der Waals surface area contributed by atoms with Crippen molar-refractivity contribution in [1.29, 1.82) is 0 Å². The van der Waals surface area contributed by atoms with Gasteiger partial charge in [-0.25, -0.2) is 9.78 Å². The largest absolute Gasteiger partial charge is 0.462 e. The average molecular weight is 267 g/mol. The number of thiazole rings is 1. The van der Waals surface area contributed by atoms with Crippen molar-refractivity contribution in [3.8, 4) is 0 Å². The van der Waals surface area contributed by atoms with E-state index in [1.54, 1.807) is 0 Å². The minimum Gasteiger partial charge on any atom is -0.462 e. The quantitative estimate of drug-likeness (QED) is 0.828. The molecule has 3 atom stereocenters. The van der Waals surface area contributed by atoms with Crippen LogP contribution in [0.1, 0.15) is 22.3 Å². The van der Waals surface area contributed by atoms with E-state index in [1.165, 1.54) is 11.3 Å². The number of fused-ring (bicyclic) bond motifs is 1. The topological polar surface area (TPSA) is 68.5 Å². The molecular weight excluding hydrogens is 250 g/mol. The zero-order valence-electron chi connectivity index (χ0n) is 10.5. The highest BCUT2D eigenvalue weighted by atomic mass is 32.1. The predicted octanol–water partition coefficient (Wildman–Crippen LogP) is 1.02. The molecule has 2 fully saturated rings. The van der Waals surface area contributed by atoms with Gasteiger partial charge in [-0.15, -0.1) is 0 Å². The fourth-order valence-corrected chi connectivity index (χ4v) is 3.61. The van der Waals surface area contributed by atoms with Crippen LogP contribution in [0.5, 0.6) is 0 Å². The Labute approximate surface area is 110 Å². The Morgan fingerprint density at radius 1 is 1.56 bits per heavy atom. The van der Waals surface area contributed by atoms with Crippen molar-refractivity contribution in [2.45, 2.75) is 19.9 Å². The first-order chi connectivity index (χ1) is 8.61. The molecule has 0 unspecified atom stereocenters. The number of piperidine rings is 1. The van der Waals surface area contributed by atoms with Gasteiger partial charge in [0.2, 0.25) is 0 Å². The maximum atomic E-state index is 11.7. The summed E-state index contributed by atoms with van der Waals surface area (Å²) in [4.78, 5) is 19.1. The molecule has 0 amide bonds. The van der Waals surface area contributed by atoms with Gasteiger partial charge in [-0.1, -0.05) is 11.3 Å². The van der Waals surface area contributed by atoms with Crippen LogP contribution >= 0.6 is 11.3 Å². The van der Waals surface area contributed by atoms with Crippen LogP contribution in [-0.2, 0) is 4.74 Å². The third-order valence-electron chi connectivity index (χ3n) is 3.78. The van der Waals surface area contributed by atoms with Crippen LogP contribution in [0, 0.1) is 18.8 Å². The van der Waals surface area contributed by atoms with Gasteiger partial charge in [0.05, 0.1) is 12.3 Å². The number of aromatic nitrogens is 1. The molecule has 0 aromatic carbocycles. The first-order valence-electron chi connectivity index (χ1n) is 6.27. The van der Waals surface area contributed by atoms with Crippen molar-refractivity contribution >= 4 is 22.4 Å². The molecule has 1 aromatic rings. The number of carbonyl (C=O) groups excluding carboxylic acids is 1. The summed E-state index contributed by atoms with van der Waals surface area (Å²) in [5.74, 6) is 0.986. The molecule has 18 heavy (non-hydrogen) atoms. The molecule has 5 nitrogen and oxygen atoms in total. The van der Waals surface area contributed by atoms with Gasteiger partial charge >= 0.3 is 5.97 Å².